The summed E-state index contributed by atoms with van der Waals surface area (Å²) in [5.41, 5.74) is 0. The van der Waals surface area contributed by atoms with Crippen LogP contribution in [0.4, 0.5) is 0 Å². The minimum atomic E-state index is 0.824. The first kappa shape index (κ1) is 6.09. The molecule has 1 saturated heterocycles. The van der Waals surface area contributed by atoms with Crippen LogP contribution in [0.1, 0.15) is 20.3 Å². The van der Waals surface area contributed by atoms with Crippen molar-refractivity contribution >= 4 is 0 Å². The van der Waals surface area contributed by atoms with Gasteiger partial charge in [0.2, 0.25) is 0 Å². The predicted molar refractivity (Wildman–Crippen MR) is 35.9 cm³/mol. The van der Waals surface area contributed by atoms with Crippen molar-refractivity contribution in [3.05, 3.63) is 0 Å². The second kappa shape index (κ2) is 2.06. The van der Waals surface area contributed by atoms with Gasteiger partial charge >= 0.3 is 0 Å². The summed E-state index contributed by atoms with van der Waals surface area (Å²) in [7, 11) is 2.20. The van der Waals surface area contributed by atoms with Gasteiger partial charge in [-0.05, 0) is 26.3 Å². The summed E-state index contributed by atoms with van der Waals surface area (Å²) in [5, 5.41) is 0. The highest BCUT2D eigenvalue weighted by Gasteiger charge is 2.21. The fourth-order valence-electron chi connectivity index (χ4n) is 1.51. The molecule has 0 spiro atoms. The fourth-order valence-corrected chi connectivity index (χ4v) is 1.51. The van der Waals surface area contributed by atoms with Crippen LogP contribution in [0.25, 0.3) is 0 Å². The zero-order valence-electron chi connectivity index (χ0n) is 6.02. The Morgan fingerprint density at radius 2 is 2.00 bits per heavy atom. The SMILES string of the molecule is CC1C[C@@H](C)N(C)C1. The number of hydrogen-bond acceptors (Lipinski definition) is 1. The van der Waals surface area contributed by atoms with E-state index in [0.717, 1.165) is 12.0 Å². The minimum absolute atomic E-state index is 0.824. The lowest BCUT2D eigenvalue weighted by Gasteiger charge is -2.12. The van der Waals surface area contributed by atoms with Gasteiger partial charge in [-0.3, -0.25) is 0 Å². The van der Waals surface area contributed by atoms with Crippen LogP contribution in [-0.4, -0.2) is 24.5 Å². The highest BCUT2D eigenvalue weighted by molar-refractivity contribution is 4.76. The molecule has 1 nitrogen and oxygen atoms in total. The lowest BCUT2D eigenvalue weighted by molar-refractivity contribution is 0.327. The zero-order valence-corrected chi connectivity index (χ0v) is 6.02. The third-order valence-electron chi connectivity index (χ3n) is 2.10. The molecular weight excluding hydrogens is 98.1 g/mol. The van der Waals surface area contributed by atoms with Crippen molar-refractivity contribution in [1.82, 2.24) is 4.90 Å². The maximum atomic E-state index is 2.42. The predicted octanol–water partition coefficient (Wildman–Crippen LogP) is 1.35. The molecular formula is C7H15N. The fraction of sp³-hybridized carbons (Fsp3) is 1.00. The van der Waals surface area contributed by atoms with Gasteiger partial charge in [-0.2, -0.15) is 0 Å². The smallest absolute Gasteiger partial charge is 0.00670 e. The van der Waals surface area contributed by atoms with Gasteiger partial charge in [0.05, 0.1) is 0 Å². The Kier molecular flexibility index (Phi) is 1.57. The van der Waals surface area contributed by atoms with E-state index in [1.165, 1.54) is 13.0 Å². The molecule has 0 radical (unpaired) electrons. The third kappa shape index (κ3) is 1.03. The Morgan fingerprint density at radius 1 is 1.38 bits per heavy atom. The third-order valence-corrected chi connectivity index (χ3v) is 2.10. The molecule has 0 amide bonds. The normalized spacial score (nSPS) is 40.9. The zero-order chi connectivity index (χ0) is 6.15. The molecule has 0 bridgehead atoms. The van der Waals surface area contributed by atoms with Crippen LogP contribution < -0.4 is 0 Å². The summed E-state index contributed by atoms with van der Waals surface area (Å²) >= 11 is 0. The summed E-state index contributed by atoms with van der Waals surface area (Å²) < 4.78 is 0. The van der Waals surface area contributed by atoms with Crippen molar-refractivity contribution < 1.29 is 0 Å². The largest absolute Gasteiger partial charge is 0.303 e. The Morgan fingerprint density at radius 3 is 2.12 bits per heavy atom. The van der Waals surface area contributed by atoms with Crippen LogP contribution in [0.2, 0.25) is 0 Å². The highest BCUT2D eigenvalue weighted by Crippen LogP contribution is 2.19. The van der Waals surface area contributed by atoms with Crippen molar-refractivity contribution in [2.45, 2.75) is 26.3 Å². The molecule has 1 heterocycles. The van der Waals surface area contributed by atoms with Gasteiger partial charge in [0.25, 0.3) is 0 Å². The van der Waals surface area contributed by atoms with E-state index in [0.29, 0.717) is 0 Å². The molecule has 0 aromatic rings. The van der Waals surface area contributed by atoms with Gasteiger partial charge in [-0.1, -0.05) is 6.92 Å². The first-order valence-electron chi connectivity index (χ1n) is 3.40. The average molecular weight is 113 g/mol. The van der Waals surface area contributed by atoms with Gasteiger partial charge in [0.15, 0.2) is 0 Å². The number of hydrogen-bond donors (Lipinski definition) is 0. The minimum Gasteiger partial charge on any atom is -0.303 e. The average Bonchev–Trinajstić information content (AvgIpc) is 1.85. The first-order valence-corrected chi connectivity index (χ1v) is 3.40. The highest BCUT2D eigenvalue weighted by atomic mass is 15.1. The van der Waals surface area contributed by atoms with Gasteiger partial charge in [0, 0.05) is 12.6 Å². The van der Waals surface area contributed by atoms with Crippen molar-refractivity contribution in [2.75, 3.05) is 13.6 Å². The second-order valence-corrected chi connectivity index (χ2v) is 3.13. The molecule has 48 valence electrons. The van der Waals surface area contributed by atoms with Crippen LogP contribution in [0.15, 0.2) is 0 Å². The Bertz CT molecular complexity index is 70.5. The summed E-state index contributed by atoms with van der Waals surface area (Å²) in [6, 6.07) is 0.824. The molecule has 8 heavy (non-hydrogen) atoms. The molecule has 1 heteroatoms. The number of nitrogens with zero attached hydrogens (tertiary/aromatic N) is 1. The molecule has 1 fully saturated rings. The first-order chi connectivity index (χ1) is 3.70. The number of likely N-dealkylation sites (tertiary alicyclic amines) is 1. The topological polar surface area (TPSA) is 3.24 Å². The maximum absolute atomic E-state index is 2.42. The van der Waals surface area contributed by atoms with E-state index in [1.807, 2.05) is 0 Å². The van der Waals surface area contributed by atoms with Gasteiger partial charge in [-0.15, -0.1) is 0 Å². The Balaban J connectivity index is 2.39. The second-order valence-electron chi connectivity index (χ2n) is 3.13. The van der Waals surface area contributed by atoms with E-state index in [-0.39, 0.29) is 0 Å². The molecule has 0 saturated carbocycles. The van der Waals surface area contributed by atoms with Crippen LogP contribution in [0.3, 0.4) is 0 Å². The van der Waals surface area contributed by atoms with Crippen LogP contribution in [0, 0.1) is 5.92 Å². The molecule has 2 atom stereocenters. The molecule has 0 aromatic heterocycles. The van der Waals surface area contributed by atoms with E-state index in [1.54, 1.807) is 0 Å². The van der Waals surface area contributed by atoms with Gasteiger partial charge in [0.1, 0.15) is 0 Å². The van der Waals surface area contributed by atoms with E-state index in [4.69, 9.17) is 0 Å². The van der Waals surface area contributed by atoms with Crippen LogP contribution >= 0.6 is 0 Å². The lowest BCUT2D eigenvalue weighted by Crippen LogP contribution is -2.21. The molecule has 1 aliphatic rings. The molecule has 0 aliphatic carbocycles. The summed E-state index contributed by atoms with van der Waals surface area (Å²) in [4.78, 5) is 2.42. The van der Waals surface area contributed by atoms with E-state index in [9.17, 15) is 0 Å². The van der Waals surface area contributed by atoms with Crippen molar-refractivity contribution in [3.8, 4) is 0 Å². The quantitative estimate of drug-likeness (QED) is 0.458. The van der Waals surface area contributed by atoms with E-state index >= 15 is 0 Å². The Hall–Kier alpha value is -0.0400. The molecule has 0 aromatic carbocycles. The van der Waals surface area contributed by atoms with Crippen molar-refractivity contribution in [3.63, 3.8) is 0 Å². The van der Waals surface area contributed by atoms with Crippen LogP contribution in [0.5, 0.6) is 0 Å². The summed E-state index contributed by atoms with van der Waals surface area (Å²) in [6.45, 7) is 5.91. The lowest BCUT2D eigenvalue weighted by atomic mass is 10.1. The molecule has 1 rings (SSSR count). The van der Waals surface area contributed by atoms with E-state index < -0.39 is 0 Å². The standard InChI is InChI=1S/C7H15N/c1-6-4-7(2)8(3)5-6/h6-7H,4-5H2,1-3H3/t6?,7-/m1/s1. The molecule has 1 unspecified atom stereocenters. The van der Waals surface area contributed by atoms with Crippen LogP contribution in [-0.2, 0) is 0 Å². The molecule has 1 aliphatic heterocycles. The molecule has 0 N–H and O–H groups in total. The summed E-state index contributed by atoms with van der Waals surface area (Å²) in [6.07, 6.45) is 1.39. The van der Waals surface area contributed by atoms with E-state index in [2.05, 4.69) is 25.8 Å². The van der Waals surface area contributed by atoms with Gasteiger partial charge in [-0.25, -0.2) is 0 Å². The van der Waals surface area contributed by atoms with Crippen molar-refractivity contribution in [1.29, 1.82) is 0 Å². The summed E-state index contributed by atoms with van der Waals surface area (Å²) in [5.74, 6) is 0.926. The monoisotopic (exact) mass is 113 g/mol. The maximum Gasteiger partial charge on any atom is 0.00670 e. The van der Waals surface area contributed by atoms with Crippen molar-refractivity contribution in [2.24, 2.45) is 5.92 Å². The van der Waals surface area contributed by atoms with Gasteiger partial charge < -0.3 is 4.90 Å². The Labute approximate surface area is 51.7 Å². The number of rotatable bonds is 0.